The molecule has 0 saturated heterocycles. The molecule has 0 heterocycles. The average Bonchev–Trinajstić information content (AvgIpc) is 2.49. The maximum absolute atomic E-state index is 6.13. The van der Waals surface area contributed by atoms with E-state index in [9.17, 15) is 0 Å². The van der Waals surface area contributed by atoms with E-state index in [0.29, 0.717) is 5.92 Å². The van der Waals surface area contributed by atoms with Gasteiger partial charge in [-0.3, -0.25) is 0 Å². The fourth-order valence-electron chi connectivity index (χ4n) is 3.03. The largest absolute Gasteiger partial charge is 0.114 e. The Morgan fingerprint density at radius 1 is 1.29 bits per heavy atom. The summed E-state index contributed by atoms with van der Waals surface area (Å²) in [7, 11) is 6.13. The molecular weight excluding hydrogens is 251 g/mol. The number of hydrogen-bond donors (Lipinski definition) is 0. The number of hydrogen-bond acceptors (Lipinski definition) is 0. The average molecular weight is 270 g/mol. The van der Waals surface area contributed by atoms with E-state index in [1.807, 2.05) is 6.07 Å². The van der Waals surface area contributed by atoms with Gasteiger partial charge in [0.1, 0.15) is 7.85 Å². The molecule has 0 saturated carbocycles. The zero-order chi connectivity index (χ0) is 14.8. The van der Waals surface area contributed by atoms with Crippen LogP contribution in [0.15, 0.2) is 78.0 Å². The van der Waals surface area contributed by atoms with Crippen LogP contribution in [0.1, 0.15) is 17.5 Å². The van der Waals surface area contributed by atoms with Crippen molar-refractivity contribution in [1.82, 2.24) is 0 Å². The van der Waals surface area contributed by atoms with Crippen LogP contribution in [0.25, 0.3) is 0 Å². The third-order valence-corrected chi connectivity index (χ3v) is 4.20. The summed E-state index contributed by atoms with van der Waals surface area (Å²) in [6.45, 7) is 6.37. The summed E-state index contributed by atoms with van der Waals surface area (Å²) >= 11 is 0. The van der Waals surface area contributed by atoms with Crippen LogP contribution in [-0.4, -0.2) is 7.85 Å². The van der Waals surface area contributed by atoms with Crippen LogP contribution in [0.3, 0.4) is 0 Å². The van der Waals surface area contributed by atoms with Crippen molar-refractivity contribution in [3.05, 3.63) is 89.1 Å². The molecule has 3 rings (SSSR count). The quantitative estimate of drug-likeness (QED) is 0.731. The lowest BCUT2D eigenvalue weighted by atomic mass is 9.79. The first-order valence-corrected chi connectivity index (χ1v) is 7.44. The molecule has 1 aromatic carbocycles. The molecule has 1 unspecified atom stereocenters. The second-order valence-electron chi connectivity index (χ2n) is 5.84. The second kappa shape index (κ2) is 5.77. The first-order valence-electron chi connectivity index (χ1n) is 7.44. The summed E-state index contributed by atoms with van der Waals surface area (Å²) in [5, 5.41) is 0. The Morgan fingerprint density at radius 2 is 2.14 bits per heavy atom. The van der Waals surface area contributed by atoms with Crippen molar-refractivity contribution < 1.29 is 0 Å². The Kier molecular flexibility index (Phi) is 3.83. The normalized spacial score (nSPS) is 19.8. The summed E-state index contributed by atoms with van der Waals surface area (Å²) in [5.74, 6) is 0.502. The van der Waals surface area contributed by atoms with Crippen LogP contribution >= 0.6 is 0 Å². The molecule has 1 atom stereocenters. The van der Waals surface area contributed by atoms with E-state index in [0.717, 1.165) is 29.4 Å². The van der Waals surface area contributed by atoms with E-state index in [-0.39, 0.29) is 0 Å². The van der Waals surface area contributed by atoms with Crippen LogP contribution in [0.4, 0.5) is 0 Å². The fraction of sp³-hybridized carbons (Fsp3) is 0.200. The van der Waals surface area contributed by atoms with Crippen LogP contribution in [-0.2, 0) is 6.42 Å². The molecule has 0 spiro atoms. The van der Waals surface area contributed by atoms with Gasteiger partial charge in [-0.15, -0.1) is 0 Å². The maximum atomic E-state index is 6.13. The Labute approximate surface area is 128 Å². The van der Waals surface area contributed by atoms with Crippen molar-refractivity contribution in [2.45, 2.75) is 19.8 Å². The van der Waals surface area contributed by atoms with Crippen molar-refractivity contribution in [3.8, 4) is 0 Å². The highest BCUT2D eigenvalue weighted by molar-refractivity contribution is 6.33. The molecular formula is C20H19B. The molecule has 1 aromatic rings. The molecule has 0 bridgehead atoms. The van der Waals surface area contributed by atoms with E-state index in [1.165, 1.54) is 16.7 Å². The summed E-state index contributed by atoms with van der Waals surface area (Å²) in [4.78, 5) is 0. The summed E-state index contributed by atoms with van der Waals surface area (Å²) in [5.41, 5.74) is 7.01. The van der Waals surface area contributed by atoms with Gasteiger partial charge >= 0.3 is 0 Å². The number of rotatable bonds is 3. The standard InChI is InChI=1S/C20H19B/c1-14-10-11-17(20(21)12-14)13-15(2)18-9-5-7-16-6-3-4-8-19(16)18/h3-6,8-12,16H,2,7,13H2,1H3. The van der Waals surface area contributed by atoms with Crippen molar-refractivity contribution in [3.63, 3.8) is 0 Å². The van der Waals surface area contributed by atoms with Crippen molar-refractivity contribution in [2.75, 3.05) is 0 Å². The van der Waals surface area contributed by atoms with Gasteiger partial charge in [0.2, 0.25) is 0 Å². The minimum absolute atomic E-state index is 0.502. The van der Waals surface area contributed by atoms with E-state index in [2.05, 4.69) is 62.1 Å². The highest BCUT2D eigenvalue weighted by atomic mass is 14.2. The number of fused-ring (bicyclic) bond motifs is 1. The molecule has 21 heavy (non-hydrogen) atoms. The van der Waals surface area contributed by atoms with Gasteiger partial charge in [-0.05, 0) is 36.5 Å². The van der Waals surface area contributed by atoms with Gasteiger partial charge in [0.15, 0.2) is 0 Å². The van der Waals surface area contributed by atoms with Crippen molar-refractivity contribution in [2.24, 2.45) is 5.92 Å². The first kappa shape index (κ1) is 13.9. The molecule has 2 radical (unpaired) electrons. The first-order chi connectivity index (χ1) is 10.1. The molecule has 0 nitrogen and oxygen atoms in total. The summed E-state index contributed by atoms with van der Waals surface area (Å²) in [6, 6.07) is 6.25. The van der Waals surface area contributed by atoms with Gasteiger partial charge in [-0.1, -0.05) is 77.8 Å². The summed E-state index contributed by atoms with van der Waals surface area (Å²) in [6.07, 6.45) is 15.1. The lowest BCUT2D eigenvalue weighted by molar-refractivity contribution is 0.769. The molecule has 0 aromatic heterocycles. The summed E-state index contributed by atoms with van der Waals surface area (Å²) < 4.78 is 0. The maximum Gasteiger partial charge on any atom is 0.114 e. The monoisotopic (exact) mass is 270 g/mol. The number of aryl methyl sites for hydroxylation is 1. The molecule has 0 amide bonds. The predicted octanol–water partition coefficient (Wildman–Crippen LogP) is 3.89. The Morgan fingerprint density at radius 3 is 2.95 bits per heavy atom. The van der Waals surface area contributed by atoms with Crippen molar-refractivity contribution in [1.29, 1.82) is 0 Å². The lowest BCUT2D eigenvalue weighted by Crippen LogP contribution is -2.13. The number of benzene rings is 1. The minimum atomic E-state index is 0.502. The molecule has 0 N–H and O–H groups in total. The number of allylic oxidation sites excluding steroid dienone is 9. The molecule has 2 aliphatic rings. The van der Waals surface area contributed by atoms with Crippen LogP contribution in [0.5, 0.6) is 0 Å². The van der Waals surface area contributed by atoms with E-state index in [1.54, 1.807) is 0 Å². The highest BCUT2D eigenvalue weighted by Crippen LogP contribution is 2.33. The lowest BCUT2D eigenvalue weighted by Gasteiger charge is -2.24. The molecule has 102 valence electrons. The Bertz CT molecular complexity index is 699. The third kappa shape index (κ3) is 2.87. The van der Waals surface area contributed by atoms with Gasteiger partial charge in [0, 0.05) is 5.92 Å². The SMILES string of the molecule is [B]c1cc(C)ccc1CC(=C)C1=C2C=CC=CC2CC=C1. The highest BCUT2D eigenvalue weighted by Gasteiger charge is 2.18. The van der Waals surface area contributed by atoms with Crippen LogP contribution in [0, 0.1) is 12.8 Å². The third-order valence-electron chi connectivity index (χ3n) is 4.20. The van der Waals surface area contributed by atoms with E-state index in [4.69, 9.17) is 7.85 Å². The van der Waals surface area contributed by atoms with Crippen LogP contribution in [0.2, 0.25) is 0 Å². The zero-order valence-electron chi connectivity index (χ0n) is 12.5. The van der Waals surface area contributed by atoms with Crippen molar-refractivity contribution >= 4 is 13.3 Å². The van der Waals surface area contributed by atoms with Gasteiger partial charge in [-0.2, -0.15) is 0 Å². The fourth-order valence-corrected chi connectivity index (χ4v) is 3.03. The Balaban J connectivity index is 1.88. The van der Waals surface area contributed by atoms with Crippen LogP contribution < -0.4 is 5.46 Å². The second-order valence-corrected chi connectivity index (χ2v) is 5.84. The van der Waals surface area contributed by atoms with Gasteiger partial charge < -0.3 is 0 Å². The molecule has 1 heteroatoms. The smallest absolute Gasteiger partial charge is 0.0949 e. The topological polar surface area (TPSA) is 0 Å². The van der Waals surface area contributed by atoms with E-state index >= 15 is 0 Å². The Hall–Kier alpha value is -2.02. The minimum Gasteiger partial charge on any atom is -0.0949 e. The molecule has 2 aliphatic carbocycles. The van der Waals surface area contributed by atoms with Gasteiger partial charge in [-0.25, -0.2) is 0 Å². The zero-order valence-corrected chi connectivity index (χ0v) is 12.5. The molecule has 0 aliphatic heterocycles. The van der Waals surface area contributed by atoms with Gasteiger partial charge in [0.25, 0.3) is 0 Å². The molecule has 0 fully saturated rings. The van der Waals surface area contributed by atoms with Gasteiger partial charge in [0.05, 0.1) is 0 Å². The van der Waals surface area contributed by atoms with E-state index < -0.39 is 0 Å². The predicted molar refractivity (Wildman–Crippen MR) is 92.0 cm³/mol.